The van der Waals surface area contributed by atoms with E-state index >= 15 is 0 Å². The Balaban J connectivity index is 1.75. The first kappa shape index (κ1) is 14.5. The number of phenols is 1. The minimum absolute atomic E-state index is 0.00990. The van der Waals surface area contributed by atoms with Crippen molar-refractivity contribution < 1.29 is 9.90 Å². The molecular formula is C16H17NO2S. The summed E-state index contributed by atoms with van der Waals surface area (Å²) in [5.74, 6) is 0.265. The van der Waals surface area contributed by atoms with Gasteiger partial charge in [0.1, 0.15) is 5.75 Å². The summed E-state index contributed by atoms with van der Waals surface area (Å²) >= 11 is 4.21. The Bertz CT molecular complexity index is 564. The molecule has 0 aliphatic carbocycles. The lowest BCUT2D eigenvalue weighted by Crippen LogP contribution is -2.27. The quantitative estimate of drug-likeness (QED) is 0.740. The Labute approximate surface area is 124 Å². The molecular weight excluding hydrogens is 270 g/mol. The molecule has 0 saturated heterocycles. The molecule has 0 aliphatic heterocycles. The standard InChI is InChI=1S/C16H17NO2S/c18-14-5-1-12(2-6-14)9-10-17-16(19)11-13-3-7-15(20)8-4-13/h1-8,18,20H,9-11H2,(H,17,19). The van der Waals surface area contributed by atoms with Crippen LogP contribution < -0.4 is 5.32 Å². The number of hydrogen-bond acceptors (Lipinski definition) is 3. The van der Waals surface area contributed by atoms with Crippen LogP contribution in [-0.2, 0) is 17.6 Å². The van der Waals surface area contributed by atoms with Crippen LogP contribution in [0.4, 0.5) is 0 Å². The highest BCUT2D eigenvalue weighted by Gasteiger charge is 2.03. The molecule has 2 aromatic carbocycles. The first-order chi connectivity index (χ1) is 9.63. The molecule has 2 aromatic rings. The highest BCUT2D eigenvalue weighted by molar-refractivity contribution is 7.80. The summed E-state index contributed by atoms with van der Waals surface area (Å²) in [4.78, 5) is 12.7. The number of phenolic OH excluding ortho intramolecular Hbond substituents is 1. The molecule has 2 rings (SSSR count). The Kier molecular flexibility index (Phi) is 5.07. The topological polar surface area (TPSA) is 49.3 Å². The zero-order valence-electron chi connectivity index (χ0n) is 11.0. The van der Waals surface area contributed by atoms with E-state index in [-0.39, 0.29) is 11.7 Å². The number of nitrogens with one attached hydrogen (secondary N) is 1. The van der Waals surface area contributed by atoms with Crippen molar-refractivity contribution in [3.05, 3.63) is 59.7 Å². The zero-order valence-corrected chi connectivity index (χ0v) is 11.9. The molecule has 0 heterocycles. The fraction of sp³-hybridized carbons (Fsp3) is 0.188. The van der Waals surface area contributed by atoms with Crippen LogP contribution in [0, 0.1) is 0 Å². The average molecular weight is 287 g/mol. The first-order valence-corrected chi connectivity index (χ1v) is 6.91. The summed E-state index contributed by atoms with van der Waals surface area (Å²) in [7, 11) is 0. The van der Waals surface area contributed by atoms with Gasteiger partial charge in [-0.05, 0) is 41.8 Å². The minimum atomic E-state index is 0.00990. The predicted octanol–water partition coefficient (Wildman–Crippen LogP) is 2.58. The van der Waals surface area contributed by atoms with Gasteiger partial charge in [0.25, 0.3) is 0 Å². The molecule has 4 heteroatoms. The second kappa shape index (κ2) is 7.01. The molecule has 3 nitrogen and oxygen atoms in total. The van der Waals surface area contributed by atoms with Gasteiger partial charge in [0, 0.05) is 11.4 Å². The Morgan fingerprint density at radius 3 is 2.25 bits per heavy atom. The zero-order chi connectivity index (χ0) is 14.4. The van der Waals surface area contributed by atoms with Gasteiger partial charge in [-0.2, -0.15) is 0 Å². The van der Waals surface area contributed by atoms with Gasteiger partial charge in [-0.15, -0.1) is 12.6 Å². The molecule has 0 bridgehead atoms. The van der Waals surface area contributed by atoms with Crippen molar-refractivity contribution in [1.29, 1.82) is 0 Å². The van der Waals surface area contributed by atoms with Crippen molar-refractivity contribution in [2.24, 2.45) is 0 Å². The molecule has 1 amide bonds. The molecule has 0 radical (unpaired) electrons. The fourth-order valence-corrected chi connectivity index (χ4v) is 2.02. The molecule has 0 fully saturated rings. The van der Waals surface area contributed by atoms with E-state index in [9.17, 15) is 9.90 Å². The third kappa shape index (κ3) is 4.63. The summed E-state index contributed by atoms with van der Waals surface area (Å²) < 4.78 is 0. The molecule has 0 saturated carbocycles. The Morgan fingerprint density at radius 2 is 1.60 bits per heavy atom. The van der Waals surface area contributed by atoms with E-state index in [0.29, 0.717) is 13.0 Å². The van der Waals surface area contributed by atoms with Crippen LogP contribution in [0.15, 0.2) is 53.4 Å². The number of carbonyl (C=O) groups is 1. The van der Waals surface area contributed by atoms with Crippen molar-refractivity contribution in [1.82, 2.24) is 5.32 Å². The minimum Gasteiger partial charge on any atom is -0.508 e. The largest absolute Gasteiger partial charge is 0.508 e. The van der Waals surface area contributed by atoms with Gasteiger partial charge >= 0.3 is 0 Å². The van der Waals surface area contributed by atoms with Crippen LogP contribution in [-0.4, -0.2) is 17.6 Å². The van der Waals surface area contributed by atoms with Crippen molar-refractivity contribution in [3.63, 3.8) is 0 Å². The number of amides is 1. The van der Waals surface area contributed by atoms with Gasteiger partial charge in [0.15, 0.2) is 0 Å². The molecule has 0 aliphatic rings. The first-order valence-electron chi connectivity index (χ1n) is 6.46. The van der Waals surface area contributed by atoms with E-state index < -0.39 is 0 Å². The number of carbonyl (C=O) groups excluding carboxylic acids is 1. The van der Waals surface area contributed by atoms with E-state index in [0.717, 1.165) is 22.4 Å². The van der Waals surface area contributed by atoms with Crippen LogP contribution in [0.1, 0.15) is 11.1 Å². The third-order valence-electron chi connectivity index (χ3n) is 2.97. The normalized spacial score (nSPS) is 10.2. The second-order valence-electron chi connectivity index (χ2n) is 4.61. The van der Waals surface area contributed by atoms with Crippen molar-refractivity contribution in [3.8, 4) is 5.75 Å². The summed E-state index contributed by atoms with van der Waals surface area (Å²) in [6.45, 7) is 0.592. The number of benzene rings is 2. The van der Waals surface area contributed by atoms with Gasteiger partial charge in [-0.1, -0.05) is 24.3 Å². The predicted molar refractivity (Wildman–Crippen MR) is 82.2 cm³/mol. The van der Waals surface area contributed by atoms with E-state index in [1.807, 2.05) is 36.4 Å². The van der Waals surface area contributed by atoms with Crippen LogP contribution in [0.2, 0.25) is 0 Å². The molecule has 0 unspecified atom stereocenters. The van der Waals surface area contributed by atoms with Crippen LogP contribution >= 0.6 is 12.6 Å². The van der Waals surface area contributed by atoms with Gasteiger partial charge in [0.05, 0.1) is 6.42 Å². The van der Waals surface area contributed by atoms with Crippen LogP contribution in [0.25, 0.3) is 0 Å². The van der Waals surface area contributed by atoms with Gasteiger partial charge in [-0.3, -0.25) is 4.79 Å². The van der Waals surface area contributed by atoms with Crippen LogP contribution in [0.5, 0.6) is 5.75 Å². The van der Waals surface area contributed by atoms with Gasteiger partial charge < -0.3 is 10.4 Å². The third-order valence-corrected chi connectivity index (χ3v) is 3.27. The molecule has 0 aromatic heterocycles. The van der Waals surface area contributed by atoms with E-state index in [2.05, 4.69) is 17.9 Å². The fourth-order valence-electron chi connectivity index (χ4n) is 1.87. The van der Waals surface area contributed by atoms with Gasteiger partial charge in [0.2, 0.25) is 5.91 Å². The molecule has 104 valence electrons. The lowest BCUT2D eigenvalue weighted by atomic mass is 10.1. The highest BCUT2D eigenvalue weighted by Crippen LogP contribution is 2.10. The number of thiol groups is 1. The smallest absolute Gasteiger partial charge is 0.224 e. The van der Waals surface area contributed by atoms with Crippen molar-refractivity contribution >= 4 is 18.5 Å². The maximum absolute atomic E-state index is 11.8. The lowest BCUT2D eigenvalue weighted by Gasteiger charge is -2.06. The highest BCUT2D eigenvalue weighted by atomic mass is 32.1. The second-order valence-corrected chi connectivity index (χ2v) is 5.13. The summed E-state index contributed by atoms with van der Waals surface area (Å²) in [5.41, 5.74) is 2.06. The monoisotopic (exact) mass is 287 g/mol. The van der Waals surface area contributed by atoms with Crippen LogP contribution in [0.3, 0.4) is 0 Å². The summed E-state index contributed by atoms with van der Waals surface area (Å²) in [6, 6.07) is 14.6. The number of hydrogen-bond donors (Lipinski definition) is 3. The Morgan fingerprint density at radius 1 is 1.00 bits per heavy atom. The Hall–Kier alpha value is -1.94. The maximum Gasteiger partial charge on any atom is 0.224 e. The lowest BCUT2D eigenvalue weighted by molar-refractivity contribution is -0.120. The number of aromatic hydroxyl groups is 1. The van der Waals surface area contributed by atoms with Crippen molar-refractivity contribution in [2.75, 3.05) is 6.54 Å². The van der Waals surface area contributed by atoms with E-state index in [1.54, 1.807) is 12.1 Å². The van der Waals surface area contributed by atoms with E-state index in [4.69, 9.17) is 0 Å². The van der Waals surface area contributed by atoms with Gasteiger partial charge in [-0.25, -0.2) is 0 Å². The summed E-state index contributed by atoms with van der Waals surface area (Å²) in [6.07, 6.45) is 1.13. The SMILES string of the molecule is O=C(Cc1ccc(S)cc1)NCCc1ccc(O)cc1. The molecule has 20 heavy (non-hydrogen) atoms. The van der Waals surface area contributed by atoms with E-state index in [1.165, 1.54) is 0 Å². The summed E-state index contributed by atoms with van der Waals surface area (Å²) in [5, 5.41) is 12.1. The molecule has 2 N–H and O–H groups in total. The average Bonchev–Trinajstić information content (AvgIpc) is 2.44. The molecule has 0 atom stereocenters. The maximum atomic E-state index is 11.8. The van der Waals surface area contributed by atoms with Crippen molar-refractivity contribution in [2.45, 2.75) is 17.7 Å². The molecule has 0 spiro atoms. The number of rotatable bonds is 5.